The van der Waals surface area contributed by atoms with Crippen molar-refractivity contribution < 1.29 is 21.9 Å². The van der Waals surface area contributed by atoms with E-state index in [-0.39, 0.29) is 10.7 Å². The van der Waals surface area contributed by atoms with Gasteiger partial charge in [-0.2, -0.15) is 0 Å². The van der Waals surface area contributed by atoms with E-state index in [0.717, 1.165) is 18.2 Å². The van der Waals surface area contributed by atoms with Crippen molar-refractivity contribution in [1.29, 1.82) is 0 Å². The smallest absolute Gasteiger partial charge is 0.264 e. The second-order valence-electron chi connectivity index (χ2n) is 4.00. The molecule has 2 aromatic rings. The van der Waals surface area contributed by atoms with Crippen molar-refractivity contribution in [2.24, 2.45) is 0 Å². The third-order valence-electron chi connectivity index (χ3n) is 2.63. The maximum atomic E-state index is 13.6. The van der Waals surface area contributed by atoms with Crippen LogP contribution in [-0.2, 0) is 10.0 Å². The Balaban J connectivity index is 2.40. The van der Waals surface area contributed by atoms with Crippen molar-refractivity contribution in [3.8, 4) is 5.75 Å². The molecule has 112 valence electrons. The average Bonchev–Trinajstić information content (AvgIpc) is 2.43. The van der Waals surface area contributed by atoms with Gasteiger partial charge in [0.05, 0.1) is 17.8 Å². The minimum Gasteiger partial charge on any atom is -0.497 e. The van der Waals surface area contributed by atoms with Gasteiger partial charge in [-0.15, -0.1) is 0 Å². The van der Waals surface area contributed by atoms with Gasteiger partial charge in [0.1, 0.15) is 10.6 Å². The summed E-state index contributed by atoms with van der Waals surface area (Å²) in [6.45, 7) is 0. The molecule has 0 fully saturated rings. The van der Waals surface area contributed by atoms with E-state index in [1.54, 1.807) is 0 Å². The molecule has 0 aliphatic carbocycles. The number of hydrogen-bond acceptors (Lipinski definition) is 3. The van der Waals surface area contributed by atoms with Crippen LogP contribution in [-0.4, -0.2) is 15.5 Å². The lowest BCUT2D eigenvalue weighted by atomic mass is 10.3. The van der Waals surface area contributed by atoms with Crippen LogP contribution in [0.4, 0.5) is 14.5 Å². The quantitative estimate of drug-likeness (QED) is 0.932. The van der Waals surface area contributed by atoms with Crippen LogP contribution in [0.1, 0.15) is 0 Å². The molecule has 0 bridgehead atoms. The van der Waals surface area contributed by atoms with Gasteiger partial charge in [-0.1, -0.05) is 17.7 Å². The number of hydrogen-bond donors (Lipinski definition) is 1. The summed E-state index contributed by atoms with van der Waals surface area (Å²) in [5, 5.41) is 0.0646. The van der Waals surface area contributed by atoms with Crippen LogP contribution in [0.15, 0.2) is 41.3 Å². The Bertz CT molecular complexity index is 781. The summed E-state index contributed by atoms with van der Waals surface area (Å²) in [6, 6.07) is 7.11. The van der Waals surface area contributed by atoms with Crippen molar-refractivity contribution in [3.63, 3.8) is 0 Å². The zero-order valence-corrected chi connectivity index (χ0v) is 12.3. The third-order valence-corrected chi connectivity index (χ3v) is 4.32. The highest BCUT2D eigenvalue weighted by atomic mass is 35.5. The lowest BCUT2D eigenvalue weighted by Crippen LogP contribution is -2.15. The Morgan fingerprint density at radius 3 is 2.52 bits per heavy atom. The molecule has 1 N–H and O–H groups in total. The first-order valence-electron chi connectivity index (χ1n) is 5.65. The first kappa shape index (κ1) is 15.5. The highest BCUT2D eigenvalue weighted by molar-refractivity contribution is 7.92. The van der Waals surface area contributed by atoms with E-state index in [1.165, 1.54) is 25.3 Å². The van der Waals surface area contributed by atoms with E-state index < -0.39 is 26.6 Å². The first-order chi connectivity index (χ1) is 9.85. The van der Waals surface area contributed by atoms with Gasteiger partial charge in [0, 0.05) is 6.07 Å². The topological polar surface area (TPSA) is 55.4 Å². The van der Waals surface area contributed by atoms with Gasteiger partial charge in [0.25, 0.3) is 10.0 Å². The summed E-state index contributed by atoms with van der Waals surface area (Å²) >= 11 is 5.90. The Morgan fingerprint density at radius 2 is 1.90 bits per heavy atom. The molecule has 0 aromatic heterocycles. The Morgan fingerprint density at radius 1 is 1.19 bits per heavy atom. The molecule has 4 nitrogen and oxygen atoms in total. The monoisotopic (exact) mass is 333 g/mol. The normalized spacial score (nSPS) is 11.2. The highest BCUT2D eigenvalue weighted by Gasteiger charge is 2.22. The summed E-state index contributed by atoms with van der Waals surface area (Å²) in [5.74, 6) is -2.27. The van der Waals surface area contributed by atoms with Crippen LogP contribution >= 0.6 is 11.6 Å². The summed E-state index contributed by atoms with van der Waals surface area (Å²) in [4.78, 5) is -0.797. The number of halogens is 3. The predicted molar refractivity (Wildman–Crippen MR) is 75.2 cm³/mol. The predicted octanol–water partition coefficient (Wildman–Crippen LogP) is 3.43. The molecular weight excluding hydrogens is 324 g/mol. The molecule has 0 aliphatic rings. The van der Waals surface area contributed by atoms with Gasteiger partial charge in [-0.3, -0.25) is 4.72 Å². The molecule has 0 heterocycles. The summed E-state index contributed by atoms with van der Waals surface area (Å²) < 4.78 is 57.9. The van der Waals surface area contributed by atoms with E-state index in [1.807, 2.05) is 0 Å². The zero-order valence-electron chi connectivity index (χ0n) is 10.7. The number of benzene rings is 2. The minimum atomic E-state index is -4.30. The lowest BCUT2D eigenvalue weighted by Gasteiger charge is -2.11. The standard InChI is InChI=1S/C13H10ClF2NO3S/c1-20-8-5-6-11(9(14)7-8)17-21(18,19)12-4-2-3-10(15)13(12)16/h2-7,17H,1H3. The molecule has 0 radical (unpaired) electrons. The summed E-state index contributed by atoms with van der Waals surface area (Å²) in [6.07, 6.45) is 0. The molecule has 8 heteroatoms. The fourth-order valence-electron chi connectivity index (χ4n) is 1.60. The van der Waals surface area contributed by atoms with Crippen LogP contribution in [0.2, 0.25) is 5.02 Å². The molecule has 0 spiro atoms. The number of ether oxygens (including phenoxy) is 1. The third kappa shape index (κ3) is 3.25. The zero-order chi connectivity index (χ0) is 15.6. The van der Waals surface area contributed by atoms with E-state index >= 15 is 0 Å². The second-order valence-corrected chi connectivity index (χ2v) is 6.06. The van der Waals surface area contributed by atoms with Crippen LogP contribution in [0.25, 0.3) is 0 Å². The first-order valence-corrected chi connectivity index (χ1v) is 7.51. The van der Waals surface area contributed by atoms with Crippen LogP contribution in [0.5, 0.6) is 5.75 Å². The highest BCUT2D eigenvalue weighted by Crippen LogP contribution is 2.29. The molecule has 2 rings (SSSR count). The molecule has 0 amide bonds. The number of rotatable bonds is 4. The molecule has 0 unspecified atom stereocenters. The van der Waals surface area contributed by atoms with Gasteiger partial charge >= 0.3 is 0 Å². The fraction of sp³-hybridized carbons (Fsp3) is 0.0769. The number of methoxy groups -OCH3 is 1. The van der Waals surface area contributed by atoms with Crippen LogP contribution in [0.3, 0.4) is 0 Å². The molecule has 0 saturated heterocycles. The lowest BCUT2D eigenvalue weighted by molar-refractivity contribution is 0.415. The fourth-order valence-corrected chi connectivity index (χ4v) is 3.04. The number of anilines is 1. The minimum absolute atomic E-state index is 0.0288. The Hall–Kier alpha value is -1.86. The van der Waals surface area contributed by atoms with E-state index in [0.29, 0.717) is 5.75 Å². The summed E-state index contributed by atoms with van der Waals surface area (Å²) in [7, 11) is -2.87. The van der Waals surface area contributed by atoms with Crippen LogP contribution in [0, 0.1) is 11.6 Å². The second kappa shape index (κ2) is 5.87. The maximum absolute atomic E-state index is 13.6. The Labute approximate surface area is 125 Å². The van der Waals surface area contributed by atoms with Gasteiger partial charge in [0.2, 0.25) is 0 Å². The van der Waals surface area contributed by atoms with Crippen molar-refractivity contribution in [1.82, 2.24) is 0 Å². The number of sulfonamides is 1. The average molecular weight is 334 g/mol. The van der Waals surface area contributed by atoms with E-state index in [2.05, 4.69) is 4.72 Å². The van der Waals surface area contributed by atoms with E-state index in [4.69, 9.17) is 16.3 Å². The molecule has 0 saturated carbocycles. The van der Waals surface area contributed by atoms with Gasteiger partial charge in [-0.05, 0) is 24.3 Å². The molecule has 2 aromatic carbocycles. The van der Waals surface area contributed by atoms with Gasteiger partial charge in [0.15, 0.2) is 11.6 Å². The van der Waals surface area contributed by atoms with Gasteiger partial charge in [-0.25, -0.2) is 17.2 Å². The molecule has 0 aliphatic heterocycles. The summed E-state index contributed by atoms with van der Waals surface area (Å²) in [5.41, 5.74) is 0.0288. The number of nitrogens with one attached hydrogen (secondary N) is 1. The van der Waals surface area contributed by atoms with Crippen molar-refractivity contribution in [2.75, 3.05) is 11.8 Å². The van der Waals surface area contributed by atoms with Crippen molar-refractivity contribution >= 4 is 27.3 Å². The molecular formula is C13H10ClF2NO3S. The van der Waals surface area contributed by atoms with Gasteiger partial charge < -0.3 is 4.74 Å². The largest absolute Gasteiger partial charge is 0.497 e. The molecule has 21 heavy (non-hydrogen) atoms. The van der Waals surface area contributed by atoms with Crippen molar-refractivity contribution in [3.05, 3.63) is 53.1 Å². The van der Waals surface area contributed by atoms with E-state index in [9.17, 15) is 17.2 Å². The SMILES string of the molecule is COc1ccc(NS(=O)(=O)c2cccc(F)c2F)c(Cl)c1. The maximum Gasteiger partial charge on any atom is 0.264 e. The molecule has 0 atom stereocenters. The van der Waals surface area contributed by atoms with Crippen LogP contribution < -0.4 is 9.46 Å². The van der Waals surface area contributed by atoms with Crippen molar-refractivity contribution in [2.45, 2.75) is 4.90 Å². The Kier molecular flexibility index (Phi) is 4.34.